The third-order valence-electron chi connectivity index (χ3n) is 3.83. The van der Waals surface area contributed by atoms with Crippen molar-refractivity contribution in [3.05, 3.63) is 81.6 Å². The van der Waals surface area contributed by atoms with Crippen molar-refractivity contribution in [1.29, 1.82) is 0 Å². The molecule has 1 atom stereocenters. The van der Waals surface area contributed by atoms with Crippen molar-refractivity contribution >= 4 is 21.6 Å². The molecule has 0 bridgehead atoms. The molecule has 0 fully saturated rings. The Balaban J connectivity index is 1.95. The number of sulfonamides is 1. The molecule has 3 rings (SSSR count). The molecule has 0 aliphatic rings. The van der Waals surface area contributed by atoms with E-state index in [2.05, 4.69) is 14.9 Å². The zero-order chi connectivity index (χ0) is 18.7. The predicted octanol–water partition coefficient (Wildman–Crippen LogP) is 3.13. The molecule has 0 amide bonds. The van der Waals surface area contributed by atoms with E-state index in [1.807, 2.05) is 30.3 Å². The van der Waals surface area contributed by atoms with Crippen molar-refractivity contribution in [2.24, 2.45) is 0 Å². The van der Waals surface area contributed by atoms with E-state index < -0.39 is 16.1 Å². The number of hydrogen-bond acceptors (Lipinski definition) is 4. The van der Waals surface area contributed by atoms with Crippen LogP contribution in [-0.2, 0) is 10.0 Å². The highest BCUT2D eigenvalue weighted by Gasteiger charge is 2.22. The second-order valence-electron chi connectivity index (χ2n) is 5.71. The van der Waals surface area contributed by atoms with Crippen molar-refractivity contribution in [3.8, 4) is 11.3 Å². The largest absolute Gasteiger partial charge is 0.268 e. The first-order valence-corrected chi connectivity index (χ1v) is 9.66. The van der Waals surface area contributed by atoms with E-state index in [-0.39, 0.29) is 15.5 Å². The molecule has 8 heteroatoms. The Hall–Kier alpha value is -2.48. The molecular formula is C18H16ClN3O3S. The molecule has 0 radical (unpaired) electrons. The number of H-pyrrole nitrogens is 1. The van der Waals surface area contributed by atoms with Gasteiger partial charge in [-0.2, -0.15) is 5.10 Å². The maximum atomic E-state index is 12.8. The molecule has 0 spiro atoms. The van der Waals surface area contributed by atoms with Gasteiger partial charge in [-0.1, -0.05) is 48.0 Å². The number of benzene rings is 2. The van der Waals surface area contributed by atoms with Gasteiger partial charge in [-0.15, -0.1) is 0 Å². The Morgan fingerprint density at radius 2 is 1.81 bits per heavy atom. The van der Waals surface area contributed by atoms with Crippen LogP contribution in [0.15, 0.2) is 70.4 Å². The van der Waals surface area contributed by atoms with E-state index in [1.54, 1.807) is 13.0 Å². The van der Waals surface area contributed by atoms with Gasteiger partial charge < -0.3 is 0 Å². The molecule has 0 aliphatic heterocycles. The van der Waals surface area contributed by atoms with Crippen LogP contribution in [0.3, 0.4) is 0 Å². The summed E-state index contributed by atoms with van der Waals surface area (Å²) >= 11 is 6.13. The van der Waals surface area contributed by atoms with Crippen LogP contribution in [-0.4, -0.2) is 18.6 Å². The highest BCUT2D eigenvalue weighted by molar-refractivity contribution is 7.89. The summed E-state index contributed by atoms with van der Waals surface area (Å²) in [6.45, 7) is 1.76. The Bertz CT molecular complexity index is 1060. The maximum absolute atomic E-state index is 12.8. The maximum Gasteiger partial charge on any atom is 0.264 e. The van der Waals surface area contributed by atoms with Gasteiger partial charge in [0.15, 0.2) is 0 Å². The van der Waals surface area contributed by atoms with Gasteiger partial charge in [0.05, 0.1) is 10.7 Å². The summed E-state index contributed by atoms with van der Waals surface area (Å²) in [5, 5.41) is 6.34. The van der Waals surface area contributed by atoms with E-state index in [1.165, 1.54) is 24.3 Å². The Labute approximate surface area is 155 Å². The predicted molar refractivity (Wildman–Crippen MR) is 100 cm³/mol. The average Bonchev–Trinajstić information content (AvgIpc) is 2.63. The van der Waals surface area contributed by atoms with Crippen LogP contribution in [0.2, 0.25) is 5.02 Å². The van der Waals surface area contributed by atoms with E-state index in [0.717, 1.165) is 5.56 Å². The van der Waals surface area contributed by atoms with Gasteiger partial charge in [0.1, 0.15) is 4.90 Å². The van der Waals surface area contributed by atoms with Crippen LogP contribution in [0.4, 0.5) is 0 Å². The molecule has 6 nitrogen and oxygen atoms in total. The quantitative estimate of drug-likeness (QED) is 0.701. The number of nitrogens with zero attached hydrogens (tertiary/aromatic N) is 1. The minimum absolute atomic E-state index is 0.0487. The van der Waals surface area contributed by atoms with Crippen LogP contribution in [0.5, 0.6) is 0 Å². The first-order chi connectivity index (χ1) is 12.4. The molecule has 3 aromatic rings. The normalized spacial score (nSPS) is 12.7. The number of rotatable bonds is 5. The zero-order valence-corrected chi connectivity index (χ0v) is 15.4. The van der Waals surface area contributed by atoms with Crippen LogP contribution in [0.1, 0.15) is 18.5 Å². The molecule has 1 heterocycles. The lowest BCUT2D eigenvalue weighted by Crippen LogP contribution is -2.27. The van der Waals surface area contributed by atoms with E-state index in [4.69, 9.17) is 11.6 Å². The van der Waals surface area contributed by atoms with E-state index in [0.29, 0.717) is 11.3 Å². The smallest absolute Gasteiger partial charge is 0.264 e. The van der Waals surface area contributed by atoms with Crippen LogP contribution < -0.4 is 10.3 Å². The Morgan fingerprint density at radius 1 is 1.08 bits per heavy atom. The van der Waals surface area contributed by atoms with Gasteiger partial charge >= 0.3 is 0 Å². The Morgan fingerprint density at radius 3 is 2.46 bits per heavy atom. The second-order valence-corrected chi connectivity index (χ2v) is 7.79. The summed E-state index contributed by atoms with van der Waals surface area (Å²) in [4.78, 5) is 11.1. The summed E-state index contributed by atoms with van der Waals surface area (Å²) in [7, 11) is -3.86. The first-order valence-electron chi connectivity index (χ1n) is 7.80. The lowest BCUT2D eigenvalue weighted by molar-refractivity contribution is 0.567. The van der Waals surface area contributed by atoms with Crippen molar-refractivity contribution < 1.29 is 8.42 Å². The van der Waals surface area contributed by atoms with Crippen molar-refractivity contribution in [2.45, 2.75) is 17.9 Å². The van der Waals surface area contributed by atoms with Crippen LogP contribution >= 0.6 is 11.6 Å². The lowest BCUT2D eigenvalue weighted by Gasteiger charge is -2.16. The van der Waals surface area contributed by atoms with Gasteiger partial charge in [-0.25, -0.2) is 18.2 Å². The monoisotopic (exact) mass is 389 g/mol. The molecule has 2 N–H and O–H groups in total. The number of aromatic amines is 1. The molecule has 2 aromatic carbocycles. The fourth-order valence-electron chi connectivity index (χ4n) is 2.48. The summed E-state index contributed by atoms with van der Waals surface area (Å²) in [5.41, 5.74) is 1.46. The van der Waals surface area contributed by atoms with Gasteiger partial charge in [0, 0.05) is 17.7 Å². The molecule has 1 aromatic heterocycles. The fraction of sp³-hybridized carbons (Fsp3) is 0.111. The molecule has 1 unspecified atom stereocenters. The fourth-order valence-corrected chi connectivity index (χ4v) is 4.24. The number of nitrogens with one attached hydrogen (secondary N) is 2. The topological polar surface area (TPSA) is 91.9 Å². The minimum atomic E-state index is -3.86. The third-order valence-corrected chi connectivity index (χ3v) is 5.85. The molecule has 26 heavy (non-hydrogen) atoms. The highest BCUT2D eigenvalue weighted by Crippen LogP contribution is 2.28. The molecule has 0 saturated heterocycles. The third kappa shape index (κ3) is 4.01. The zero-order valence-electron chi connectivity index (χ0n) is 13.8. The summed E-state index contributed by atoms with van der Waals surface area (Å²) in [6, 6.07) is 16.2. The van der Waals surface area contributed by atoms with Gasteiger partial charge in [0.25, 0.3) is 5.56 Å². The SMILES string of the molecule is CC(NS(=O)(=O)c1cc(-c2ccc(=O)[nH]n2)ccc1Cl)c1ccccc1. The lowest BCUT2D eigenvalue weighted by atomic mass is 10.1. The molecule has 0 aliphatic carbocycles. The molecule has 134 valence electrons. The van der Waals surface area contributed by atoms with Gasteiger partial charge in [-0.05, 0) is 30.7 Å². The number of hydrogen-bond donors (Lipinski definition) is 2. The molecular weight excluding hydrogens is 374 g/mol. The summed E-state index contributed by atoms with van der Waals surface area (Å²) in [5.74, 6) is 0. The van der Waals surface area contributed by atoms with Crippen molar-refractivity contribution in [1.82, 2.24) is 14.9 Å². The standard InChI is InChI=1S/C18H16ClN3O3S/c1-12(13-5-3-2-4-6-13)22-26(24,25)17-11-14(7-8-15(17)19)16-9-10-18(23)21-20-16/h2-12,22H,1H3,(H,21,23). The second kappa shape index (κ2) is 7.41. The minimum Gasteiger partial charge on any atom is -0.268 e. The number of aromatic nitrogens is 2. The number of halogens is 1. The van der Waals surface area contributed by atoms with Gasteiger partial charge in [-0.3, -0.25) is 4.79 Å². The van der Waals surface area contributed by atoms with Gasteiger partial charge in [0.2, 0.25) is 10.0 Å². The van der Waals surface area contributed by atoms with Crippen molar-refractivity contribution in [3.63, 3.8) is 0 Å². The van der Waals surface area contributed by atoms with E-state index in [9.17, 15) is 13.2 Å². The summed E-state index contributed by atoms with van der Waals surface area (Å²) in [6.07, 6.45) is 0. The Kier molecular flexibility index (Phi) is 5.22. The average molecular weight is 390 g/mol. The first kappa shape index (κ1) is 18.3. The summed E-state index contributed by atoms with van der Waals surface area (Å²) < 4.78 is 28.2. The molecule has 0 saturated carbocycles. The van der Waals surface area contributed by atoms with Crippen LogP contribution in [0.25, 0.3) is 11.3 Å². The van der Waals surface area contributed by atoms with E-state index >= 15 is 0 Å². The highest BCUT2D eigenvalue weighted by atomic mass is 35.5. The van der Waals surface area contributed by atoms with Crippen LogP contribution in [0, 0.1) is 0 Å². The van der Waals surface area contributed by atoms with Crippen molar-refractivity contribution in [2.75, 3.05) is 0 Å².